The van der Waals surface area contributed by atoms with Gasteiger partial charge in [-0.15, -0.1) is 0 Å². The molecule has 1 aliphatic rings. The van der Waals surface area contributed by atoms with Crippen LogP contribution in [0.15, 0.2) is 30.3 Å². The van der Waals surface area contributed by atoms with Crippen LogP contribution in [0.5, 0.6) is 0 Å². The fourth-order valence-electron chi connectivity index (χ4n) is 3.18. The zero-order valence-electron chi connectivity index (χ0n) is 13.1. The second-order valence-electron chi connectivity index (χ2n) is 7.09. The molecule has 0 amide bonds. The molecule has 0 spiro atoms. The molecule has 1 aromatic carbocycles. The highest BCUT2D eigenvalue weighted by atomic mass is 16.4. The van der Waals surface area contributed by atoms with Crippen molar-refractivity contribution in [2.75, 3.05) is 6.54 Å². The first kappa shape index (κ1) is 16.0. The third-order valence-corrected chi connectivity index (χ3v) is 4.47. The monoisotopic (exact) mass is 289 g/mol. The van der Waals surface area contributed by atoms with E-state index in [2.05, 4.69) is 49.5 Å². The van der Waals surface area contributed by atoms with E-state index in [4.69, 9.17) is 5.11 Å². The Morgan fingerprint density at radius 1 is 1.19 bits per heavy atom. The van der Waals surface area contributed by atoms with Crippen LogP contribution in [-0.2, 0) is 11.2 Å². The molecule has 0 heterocycles. The number of carboxylic acid groups (broad SMARTS) is 1. The molecule has 116 valence electrons. The Bertz CT molecular complexity index is 448. The Labute approximate surface area is 127 Å². The molecule has 2 rings (SSSR count). The van der Waals surface area contributed by atoms with E-state index in [0.29, 0.717) is 6.04 Å². The van der Waals surface area contributed by atoms with E-state index in [1.807, 2.05) is 0 Å². The Kier molecular flexibility index (Phi) is 5.40. The number of carboxylic acids is 1. The molecule has 0 aliphatic heterocycles. The van der Waals surface area contributed by atoms with Gasteiger partial charge in [-0.25, -0.2) is 0 Å². The minimum absolute atomic E-state index is 0.125. The van der Waals surface area contributed by atoms with E-state index in [-0.39, 0.29) is 11.3 Å². The SMILES string of the molecule is CC(C)(CNC1CCC(C(=O)O)CC1)Cc1ccccc1. The van der Waals surface area contributed by atoms with Crippen molar-refractivity contribution in [3.8, 4) is 0 Å². The van der Waals surface area contributed by atoms with Crippen LogP contribution in [0.2, 0.25) is 0 Å². The standard InChI is InChI=1S/C18H27NO2/c1-18(2,12-14-6-4-3-5-7-14)13-19-16-10-8-15(9-11-16)17(20)21/h3-7,15-16,19H,8-13H2,1-2H3,(H,20,21). The lowest BCUT2D eigenvalue weighted by Gasteiger charge is -2.32. The van der Waals surface area contributed by atoms with Crippen LogP contribution in [0.25, 0.3) is 0 Å². The molecule has 0 saturated heterocycles. The van der Waals surface area contributed by atoms with Gasteiger partial charge in [0.2, 0.25) is 0 Å². The fourth-order valence-corrected chi connectivity index (χ4v) is 3.18. The summed E-state index contributed by atoms with van der Waals surface area (Å²) < 4.78 is 0. The van der Waals surface area contributed by atoms with E-state index in [1.54, 1.807) is 0 Å². The molecule has 1 aliphatic carbocycles. The number of carbonyl (C=O) groups is 1. The number of benzene rings is 1. The second-order valence-corrected chi connectivity index (χ2v) is 7.09. The number of nitrogens with one attached hydrogen (secondary N) is 1. The third-order valence-electron chi connectivity index (χ3n) is 4.47. The van der Waals surface area contributed by atoms with Crippen molar-refractivity contribution in [2.24, 2.45) is 11.3 Å². The maximum Gasteiger partial charge on any atom is 0.306 e. The van der Waals surface area contributed by atoms with Crippen molar-refractivity contribution < 1.29 is 9.90 Å². The van der Waals surface area contributed by atoms with Gasteiger partial charge in [-0.05, 0) is 43.1 Å². The highest BCUT2D eigenvalue weighted by molar-refractivity contribution is 5.70. The van der Waals surface area contributed by atoms with Gasteiger partial charge in [0.15, 0.2) is 0 Å². The van der Waals surface area contributed by atoms with Gasteiger partial charge >= 0.3 is 5.97 Å². The fraction of sp³-hybridized carbons (Fsp3) is 0.611. The summed E-state index contributed by atoms with van der Waals surface area (Å²) in [6.45, 7) is 5.55. The molecule has 3 heteroatoms. The van der Waals surface area contributed by atoms with E-state index < -0.39 is 5.97 Å². The predicted molar refractivity (Wildman–Crippen MR) is 85.3 cm³/mol. The summed E-state index contributed by atoms with van der Waals surface area (Å²) >= 11 is 0. The summed E-state index contributed by atoms with van der Waals surface area (Å²) in [5.74, 6) is -0.752. The molecule has 0 atom stereocenters. The van der Waals surface area contributed by atoms with Crippen LogP contribution < -0.4 is 5.32 Å². The molecule has 1 saturated carbocycles. The molecule has 3 nitrogen and oxygen atoms in total. The second kappa shape index (κ2) is 7.08. The van der Waals surface area contributed by atoms with Gasteiger partial charge in [-0.1, -0.05) is 44.2 Å². The van der Waals surface area contributed by atoms with Gasteiger partial charge < -0.3 is 10.4 Å². The average Bonchev–Trinajstić information content (AvgIpc) is 2.46. The summed E-state index contributed by atoms with van der Waals surface area (Å²) in [7, 11) is 0. The van der Waals surface area contributed by atoms with Gasteiger partial charge in [-0.2, -0.15) is 0 Å². The first-order valence-corrected chi connectivity index (χ1v) is 7.96. The van der Waals surface area contributed by atoms with E-state index in [9.17, 15) is 4.79 Å². The van der Waals surface area contributed by atoms with Crippen molar-refractivity contribution >= 4 is 5.97 Å². The summed E-state index contributed by atoms with van der Waals surface area (Å²) in [5, 5.41) is 12.7. The predicted octanol–water partition coefficient (Wildman–Crippen LogP) is 3.49. The summed E-state index contributed by atoms with van der Waals surface area (Å²) in [4.78, 5) is 11.0. The lowest BCUT2D eigenvalue weighted by molar-refractivity contribution is -0.142. The largest absolute Gasteiger partial charge is 0.481 e. The van der Waals surface area contributed by atoms with Crippen molar-refractivity contribution in [1.29, 1.82) is 0 Å². The lowest BCUT2D eigenvalue weighted by Crippen LogP contribution is -2.40. The first-order chi connectivity index (χ1) is 9.96. The molecule has 1 fully saturated rings. The van der Waals surface area contributed by atoms with Crippen molar-refractivity contribution in [1.82, 2.24) is 5.32 Å². The summed E-state index contributed by atoms with van der Waals surface area (Å²) in [5.41, 5.74) is 1.59. The van der Waals surface area contributed by atoms with Crippen molar-refractivity contribution in [2.45, 2.75) is 52.0 Å². The Morgan fingerprint density at radius 2 is 1.81 bits per heavy atom. The number of rotatable bonds is 6. The Balaban J connectivity index is 1.76. The minimum atomic E-state index is -0.627. The molecule has 21 heavy (non-hydrogen) atoms. The minimum Gasteiger partial charge on any atom is -0.481 e. The zero-order chi connectivity index (χ0) is 15.3. The first-order valence-electron chi connectivity index (χ1n) is 7.96. The number of aliphatic carboxylic acids is 1. The molecule has 0 unspecified atom stereocenters. The van der Waals surface area contributed by atoms with Crippen molar-refractivity contribution in [3.63, 3.8) is 0 Å². The normalized spacial score (nSPS) is 23.0. The Morgan fingerprint density at radius 3 is 2.38 bits per heavy atom. The molecule has 0 bridgehead atoms. The smallest absolute Gasteiger partial charge is 0.306 e. The zero-order valence-corrected chi connectivity index (χ0v) is 13.1. The molecule has 0 aromatic heterocycles. The average molecular weight is 289 g/mol. The van der Waals surface area contributed by atoms with Crippen LogP contribution in [-0.4, -0.2) is 23.7 Å². The van der Waals surface area contributed by atoms with Crippen LogP contribution >= 0.6 is 0 Å². The molecule has 1 aromatic rings. The number of hydrogen-bond acceptors (Lipinski definition) is 2. The number of hydrogen-bond donors (Lipinski definition) is 2. The summed E-state index contributed by atoms with van der Waals surface area (Å²) in [6.07, 6.45) is 4.65. The topological polar surface area (TPSA) is 49.3 Å². The van der Waals surface area contributed by atoms with Gasteiger partial charge in [0, 0.05) is 12.6 Å². The molecule has 0 radical (unpaired) electrons. The van der Waals surface area contributed by atoms with Crippen LogP contribution in [0.3, 0.4) is 0 Å². The molecule has 2 N–H and O–H groups in total. The van der Waals surface area contributed by atoms with Gasteiger partial charge in [0.05, 0.1) is 5.92 Å². The van der Waals surface area contributed by atoms with Crippen LogP contribution in [0.1, 0.15) is 45.1 Å². The lowest BCUT2D eigenvalue weighted by atomic mass is 9.83. The highest BCUT2D eigenvalue weighted by Gasteiger charge is 2.27. The maximum absolute atomic E-state index is 11.0. The van der Waals surface area contributed by atoms with Gasteiger partial charge in [0.1, 0.15) is 0 Å². The van der Waals surface area contributed by atoms with Crippen molar-refractivity contribution in [3.05, 3.63) is 35.9 Å². The van der Waals surface area contributed by atoms with E-state index >= 15 is 0 Å². The highest BCUT2D eigenvalue weighted by Crippen LogP contribution is 2.26. The quantitative estimate of drug-likeness (QED) is 0.843. The van der Waals surface area contributed by atoms with Crippen LogP contribution in [0.4, 0.5) is 0 Å². The third kappa shape index (κ3) is 5.16. The van der Waals surface area contributed by atoms with Gasteiger partial charge in [0.25, 0.3) is 0 Å². The molecular formula is C18H27NO2. The van der Waals surface area contributed by atoms with E-state index in [1.165, 1.54) is 5.56 Å². The summed E-state index contributed by atoms with van der Waals surface area (Å²) in [6, 6.07) is 11.1. The molecular weight excluding hydrogens is 262 g/mol. The van der Waals surface area contributed by atoms with Crippen LogP contribution in [0, 0.1) is 11.3 Å². The Hall–Kier alpha value is -1.35. The maximum atomic E-state index is 11.0. The van der Waals surface area contributed by atoms with E-state index in [0.717, 1.165) is 38.6 Å². The van der Waals surface area contributed by atoms with Gasteiger partial charge in [-0.3, -0.25) is 4.79 Å².